The molecule has 3 aromatic rings. The van der Waals surface area contributed by atoms with E-state index < -0.39 is 4.92 Å². The summed E-state index contributed by atoms with van der Waals surface area (Å²) in [5.41, 5.74) is 1.57. The molecule has 0 saturated heterocycles. The van der Waals surface area contributed by atoms with Crippen LogP contribution in [0.3, 0.4) is 0 Å². The normalized spacial score (nSPS) is 10.5. The minimum atomic E-state index is -0.460. The fourth-order valence-corrected chi connectivity index (χ4v) is 2.75. The predicted molar refractivity (Wildman–Crippen MR) is 88.9 cm³/mol. The number of hydrogen-bond acceptors (Lipinski definition) is 7. The van der Waals surface area contributed by atoms with Crippen molar-refractivity contribution in [3.05, 3.63) is 64.2 Å². The molecule has 0 saturated carbocycles. The first-order valence-electron chi connectivity index (χ1n) is 7.00. The average molecular weight is 343 g/mol. The van der Waals surface area contributed by atoms with Crippen LogP contribution in [0.2, 0.25) is 0 Å². The summed E-state index contributed by atoms with van der Waals surface area (Å²) in [7, 11) is 1.62. The largest absolute Gasteiger partial charge is 0.497 e. The Morgan fingerprint density at radius 1 is 1.21 bits per heavy atom. The second-order valence-corrected chi connectivity index (χ2v) is 5.75. The molecule has 0 atom stereocenters. The van der Waals surface area contributed by atoms with Gasteiger partial charge in [-0.15, -0.1) is 10.2 Å². The first-order valence-corrected chi connectivity index (χ1v) is 7.98. The van der Waals surface area contributed by atoms with Crippen molar-refractivity contribution in [1.82, 2.24) is 10.2 Å². The maximum absolute atomic E-state index is 10.8. The van der Waals surface area contributed by atoms with Gasteiger partial charge in [0.1, 0.15) is 5.75 Å². The SMILES string of the molecule is COc1cccc(CSc2nnc(-c3cccc([N+](=O)[O-])c3)o2)c1. The number of thioether (sulfide) groups is 1. The number of hydrogen-bond donors (Lipinski definition) is 0. The third-order valence-corrected chi connectivity index (χ3v) is 4.10. The first kappa shape index (κ1) is 16.0. The molecule has 0 unspecified atom stereocenters. The molecule has 0 fully saturated rings. The number of nitrogens with zero attached hydrogens (tertiary/aromatic N) is 3. The molecule has 0 N–H and O–H groups in total. The van der Waals surface area contributed by atoms with Crippen molar-refractivity contribution in [2.24, 2.45) is 0 Å². The summed E-state index contributed by atoms with van der Waals surface area (Å²) in [5, 5.41) is 19.1. The van der Waals surface area contributed by atoms with E-state index in [0.29, 0.717) is 16.5 Å². The minimum absolute atomic E-state index is 0.0173. The zero-order chi connectivity index (χ0) is 16.9. The van der Waals surface area contributed by atoms with E-state index in [1.165, 1.54) is 23.9 Å². The van der Waals surface area contributed by atoms with Gasteiger partial charge in [-0.25, -0.2) is 0 Å². The monoisotopic (exact) mass is 343 g/mol. The van der Waals surface area contributed by atoms with E-state index in [1.807, 2.05) is 24.3 Å². The van der Waals surface area contributed by atoms with Crippen LogP contribution in [-0.2, 0) is 5.75 Å². The van der Waals surface area contributed by atoms with Gasteiger partial charge in [0, 0.05) is 23.4 Å². The highest BCUT2D eigenvalue weighted by molar-refractivity contribution is 7.98. The quantitative estimate of drug-likeness (QED) is 0.380. The molecule has 1 aromatic heterocycles. The van der Waals surface area contributed by atoms with Crippen LogP contribution in [0.15, 0.2) is 58.2 Å². The van der Waals surface area contributed by atoms with Gasteiger partial charge in [0.25, 0.3) is 10.9 Å². The lowest BCUT2D eigenvalue weighted by molar-refractivity contribution is -0.384. The van der Waals surface area contributed by atoms with Gasteiger partial charge in [-0.3, -0.25) is 10.1 Å². The highest BCUT2D eigenvalue weighted by atomic mass is 32.2. The molecule has 24 heavy (non-hydrogen) atoms. The lowest BCUT2D eigenvalue weighted by Crippen LogP contribution is -1.88. The number of nitro groups is 1. The van der Waals surface area contributed by atoms with E-state index in [9.17, 15) is 10.1 Å². The van der Waals surface area contributed by atoms with Gasteiger partial charge in [0.2, 0.25) is 5.89 Å². The van der Waals surface area contributed by atoms with Crippen LogP contribution in [0, 0.1) is 10.1 Å². The molecule has 0 bridgehead atoms. The Bertz CT molecular complexity index is 866. The van der Waals surface area contributed by atoms with Crippen LogP contribution in [0.1, 0.15) is 5.56 Å². The average Bonchev–Trinajstić information content (AvgIpc) is 3.09. The molecular formula is C16H13N3O4S. The second kappa shape index (κ2) is 7.14. The van der Waals surface area contributed by atoms with Crippen molar-refractivity contribution >= 4 is 17.4 Å². The standard InChI is InChI=1S/C16H13N3O4S/c1-22-14-7-2-4-11(8-14)10-24-16-18-17-15(23-16)12-5-3-6-13(9-12)19(20)21/h2-9H,10H2,1H3. The molecule has 2 aromatic carbocycles. The number of benzene rings is 2. The van der Waals surface area contributed by atoms with E-state index in [2.05, 4.69) is 10.2 Å². The highest BCUT2D eigenvalue weighted by Gasteiger charge is 2.13. The Labute approximate surface area is 141 Å². The van der Waals surface area contributed by atoms with Crippen LogP contribution in [0.5, 0.6) is 5.75 Å². The van der Waals surface area contributed by atoms with Gasteiger partial charge in [0.15, 0.2) is 0 Å². The topological polar surface area (TPSA) is 91.3 Å². The van der Waals surface area contributed by atoms with Gasteiger partial charge in [0.05, 0.1) is 12.0 Å². The summed E-state index contributed by atoms with van der Waals surface area (Å²) in [6, 6.07) is 13.8. The smallest absolute Gasteiger partial charge is 0.277 e. The van der Waals surface area contributed by atoms with Crippen molar-refractivity contribution < 1.29 is 14.1 Å². The third kappa shape index (κ3) is 3.72. The molecule has 122 valence electrons. The highest BCUT2D eigenvalue weighted by Crippen LogP contribution is 2.28. The maximum atomic E-state index is 10.8. The van der Waals surface area contributed by atoms with Crippen LogP contribution >= 0.6 is 11.8 Å². The number of non-ortho nitro benzene ring substituents is 1. The molecular weight excluding hydrogens is 330 g/mol. The van der Waals surface area contributed by atoms with Crippen LogP contribution in [-0.4, -0.2) is 22.2 Å². The van der Waals surface area contributed by atoms with Gasteiger partial charge in [-0.1, -0.05) is 30.0 Å². The van der Waals surface area contributed by atoms with Crippen molar-refractivity contribution in [3.8, 4) is 17.2 Å². The predicted octanol–water partition coefficient (Wildman–Crippen LogP) is 3.95. The van der Waals surface area contributed by atoms with Gasteiger partial charge >= 0.3 is 0 Å². The Hall–Kier alpha value is -2.87. The van der Waals surface area contributed by atoms with Gasteiger partial charge in [-0.2, -0.15) is 0 Å². The van der Waals surface area contributed by atoms with E-state index in [1.54, 1.807) is 19.2 Å². The van der Waals surface area contributed by atoms with Crippen molar-refractivity contribution in [2.45, 2.75) is 11.0 Å². The minimum Gasteiger partial charge on any atom is -0.497 e. The summed E-state index contributed by atoms with van der Waals surface area (Å²) in [4.78, 5) is 10.4. The Morgan fingerprint density at radius 2 is 2.04 bits per heavy atom. The maximum Gasteiger partial charge on any atom is 0.277 e. The number of nitro benzene ring substituents is 1. The number of ether oxygens (including phenoxy) is 1. The molecule has 1 heterocycles. The Kier molecular flexibility index (Phi) is 4.76. The van der Waals surface area contributed by atoms with E-state index in [0.717, 1.165) is 11.3 Å². The molecule has 0 aliphatic carbocycles. The summed E-state index contributed by atoms with van der Waals surface area (Å²) in [6.45, 7) is 0. The molecule has 7 nitrogen and oxygen atoms in total. The van der Waals surface area contributed by atoms with Gasteiger partial charge in [-0.05, 0) is 23.8 Å². The number of aromatic nitrogens is 2. The molecule has 0 aliphatic rings. The molecule has 0 radical (unpaired) electrons. The molecule has 0 amide bonds. The first-order chi connectivity index (χ1) is 11.7. The third-order valence-electron chi connectivity index (χ3n) is 3.21. The molecule has 8 heteroatoms. The summed E-state index contributed by atoms with van der Waals surface area (Å²) < 4.78 is 10.8. The van der Waals surface area contributed by atoms with Gasteiger partial charge < -0.3 is 9.15 Å². The molecule has 0 aliphatic heterocycles. The molecule has 3 rings (SSSR count). The lowest BCUT2D eigenvalue weighted by Gasteiger charge is -2.02. The van der Waals surface area contributed by atoms with Crippen molar-refractivity contribution in [1.29, 1.82) is 0 Å². The van der Waals surface area contributed by atoms with Crippen LogP contribution in [0.25, 0.3) is 11.5 Å². The lowest BCUT2D eigenvalue weighted by atomic mass is 10.2. The zero-order valence-electron chi connectivity index (χ0n) is 12.7. The zero-order valence-corrected chi connectivity index (χ0v) is 13.5. The molecule has 0 spiro atoms. The Morgan fingerprint density at radius 3 is 2.83 bits per heavy atom. The number of rotatable bonds is 6. The van der Waals surface area contributed by atoms with E-state index in [-0.39, 0.29) is 11.6 Å². The van der Waals surface area contributed by atoms with Crippen molar-refractivity contribution in [2.75, 3.05) is 7.11 Å². The van der Waals surface area contributed by atoms with Crippen LogP contribution < -0.4 is 4.74 Å². The van der Waals surface area contributed by atoms with E-state index in [4.69, 9.17) is 9.15 Å². The fourth-order valence-electron chi connectivity index (χ4n) is 2.04. The second-order valence-electron chi connectivity index (χ2n) is 4.82. The fraction of sp³-hybridized carbons (Fsp3) is 0.125. The number of methoxy groups -OCH3 is 1. The summed E-state index contributed by atoms with van der Waals surface area (Å²) in [5.74, 6) is 1.69. The van der Waals surface area contributed by atoms with E-state index >= 15 is 0 Å². The van der Waals surface area contributed by atoms with Crippen molar-refractivity contribution in [3.63, 3.8) is 0 Å². The summed E-state index contributed by atoms with van der Waals surface area (Å²) in [6.07, 6.45) is 0. The van der Waals surface area contributed by atoms with Crippen LogP contribution in [0.4, 0.5) is 5.69 Å². The Balaban J connectivity index is 1.71. The summed E-state index contributed by atoms with van der Waals surface area (Å²) >= 11 is 1.39.